The van der Waals surface area contributed by atoms with Gasteiger partial charge in [-0.3, -0.25) is 0 Å². The maximum atomic E-state index is 11.7. The molecule has 0 aliphatic carbocycles. The topological polar surface area (TPSA) is 70.6 Å². The lowest BCUT2D eigenvalue weighted by Gasteiger charge is -2.26. The van der Waals surface area contributed by atoms with Crippen LogP contribution in [0.5, 0.6) is 0 Å². The lowest BCUT2D eigenvalue weighted by molar-refractivity contribution is 0.0579. The second-order valence-corrected chi connectivity index (χ2v) is 5.94. The first-order valence-electron chi connectivity index (χ1n) is 6.37. The lowest BCUT2D eigenvalue weighted by atomic mass is 10.0. The van der Waals surface area contributed by atoms with E-state index in [2.05, 4.69) is 10.6 Å². The Hall–Kier alpha value is -0.460. The van der Waals surface area contributed by atoms with Crippen LogP contribution in [0.15, 0.2) is 0 Å². The Balaban J connectivity index is 2.19. The number of carbonyl (C=O) groups is 1. The molecule has 6 heteroatoms. The maximum absolute atomic E-state index is 11.7. The summed E-state index contributed by atoms with van der Waals surface area (Å²) in [6.07, 6.45) is 4.39. The van der Waals surface area contributed by atoms with Crippen LogP contribution in [0, 0.1) is 0 Å². The third kappa shape index (κ3) is 6.47. The summed E-state index contributed by atoms with van der Waals surface area (Å²) in [5, 5.41) is 15.7. The summed E-state index contributed by atoms with van der Waals surface area (Å²) in [5.74, 6) is 0.885. The molecule has 0 aromatic rings. The molecular formula is C12H24N2O3S. The molecule has 1 aliphatic heterocycles. The fourth-order valence-corrected chi connectivity index (χ4v) is 2.40. The number of carbonyl (C=O) groups excluding carboxylic acids is 1. The standard InChI is InChI=1S/C12H24N2O3S/c1-12(16,5-8-18-2)9-13-11(15)14-10-3-6-17-7-4-10/h10,16H,3-9H2,1-2H3,(H2,13,14,15)/t12-/m1/s1. The molecule has 3 N–H and O–H groups in total. The smallest absolute Gasteiger partial charge is 0.315 e. The summed E-state index contributed by atoms with van der Waals surface area (Å²) in [6, 6.07) is -0.0128. The van der Waals surface area contributed by atoms with Gasteiger partial charge in [-0.25, -0.2) is 4.79 Å². The number of nitrogens with one attached hydrogen (secondary N) is 2. The Morgan fingerprint density at radius 2 is 2.17 bits per heavy atom. The lowest BCUT2D eigenvalue weighted by Crippen LogP contribution is -2.49. The zero-order chi connectivity index (χ0) is 13.4. The second kappa shape index (κ2) is 7.86. The minimum absolute atomic E-state index is 0.190. The van der Waals surface area contributed by atoms with E-state index in [1.807, 2.05) is 6.26 Å². The largest absolute Gasteiger partial charge is 0.388 e. The highest BCUT2D eigenvalue weighted by Gasteiger charge is 2.22. The molecule has 0 saturated carbocycles. The molecule has 0 bridgehead atoms. The number of urea groups is 1. The van der Waals surface area contributed by atoms with E-state index in [0.717, 1.165) is 18.6 Å². The Bertz CT molecular complexity index is 256. The van der Waals surface area contributed by atoms with E-state index in [1.54, 1.807) is 18.7 Å². The van der Waals surface area contributed by atoms with Gasteiger partial charge in [0.2, 0.25) is 0 Å². The Kier molecular flexibility index (Phi) is 6.81. The molecule has 0 unspecified atom stereocenters. The number of ether oxygens (including phenoxy) is 1. The van der Waals surface area contributed by atoms with Crippen molar-refractivity contribution < 1.29 is 14.6 Å². The van der Waals surface area contributed by atoms with Crippen molar-refractivity contribution in [2.24, 2.45) is 0 Å². The molecule has 18 heavy (non-hydrogen) atoms. The molecule has 1 fully saturated rings. The normalized spacial score (nSPS) is 20.2. The first-order chi connectivity index (χ1) is 8.53. The first kappa shape index (κ1) is 15.6. The first-order valence-corrected chi connectivity index (χ1v) is 7.76. The molecule has 2 amide bonds. The van der Waals surface area contributed by atoms with Crippen LogP contribution < -0.4 is 10.6 Å². The van der Waals surface area contributed by atoms with E-state index >= 15 is 0 Å². The van der Waals surface area contributed by atoms with E-state index in [1.165, 1.54) is 0 Å². The van der Waals surface area contributed by atoms with E-state index < -0.39 is 5.60 Å². The van der Waals surface area contributed by atoms with E-state index in [0.29, 0.717) is 19.6 Å². The predicted octanol–water partition coefficient (Wildman–Crippen LogP) is 0.969. The van der Waals surface area contributed by atoms with Crippen LogP contribution in [0.4, 0.5) is 4.79 Å². The molecule has 5 nitrogen and oxygen atoms in total. The molecule has 1 rings (SSSR count). The molecule has 0 radical (unpaired) electrons. The van der Waals surface area contributed by atoms with Gasteiger partial charge in [0.15, 0.2) is 0 Å². The van der Waals surface area contributed by atoms with Crippen molar-refractivity contribution in [2.45, 2.75) is 37.8 Å². The van der Waals surface area contributed by atoms with Crippen LogP contribution in [-0.4, -0.2) is 54.5 Å². The van der Waals surface area contributed by atoms with E-state index in [9.17, 15) is 9.90 Å². The van der Waals surface area contributed by atoms with Crippen LogP contribution in [0.25, 0.3) is 0 Å². The number of thioether (sulfide) groups is 1. The number of rotatable bonds is 6. The maximum Gasteiger partial charge on any atom is 0.315 e. The van der Waals surface area contributed by atoms with Gasteiger partial charge in [-0.1, -0.05) is 0 Å². The van der Waals surface area contributed by atoms with Crippen LogP contribution in [0.1, 0.15) is 26.2 Å². The van der Waals surface area contributed by atoms with Gasteiger partial charge in [0.25, 0.3) is 0 Å². The van der Waals surface area contributed by atoms with Gasteiger partial charge in [-0.05, 0) is 38.2 Å². The monoisotopic (exact) mass is 276 g/mol. The SMILES string of the molecule is CSCC[C@@](C)(O)CNC(=O)NC1CCOCC1. The van der Waals surface area contributed by atoms with Gasteiger partial charge in [0, 0.05) is 25.8 Å². The number of aliphatic hydroxyl groups is 1. The van der Waals surface area contributed by atoms with Crippen molar-refractivity contribution in [2.75, 3.05) is 31.8 Å². The molecule has 0 aromatic heterocycles. The summed E-state index contributed by atoms with van der Waals surface area (Å²) in [4.78, 5) is 11.7. The molecule has 1 atom stereocenters. The molecule has 106 valence electrons. The fourth-order valence-electron chi connectivity index (χ4n) is 1.76. The highest BCUT2D eigenvalue weighted by atomic mass is 32.2. The Morgan fingerprint density at radius 3 is 2.78 bits per heavy atom. The zero-order valence-electron chi connectivity index (χ0n) is 11.2. The average Bonchev–Trinajstić information content (AvgIpc) is 2.36. The summed E-state index contributed by atoms with van der Waals surface area (Å²) in [6.45, 7) is 3.44. The molecule has 1 saturated heterocycles. The van der Waals surface area contributed by atoms with Crippen molar-refractivity contribution in [1.29, 1.82) is 0 Å². The average molecular weight is 276 g/mol. The van der Waals surface area contributed by atoms with Gasteiger partial charge in [0.05, 0.1) is 5.60 Å². The van der Waals surface area contributed by atoms with E-state index in [-0.39, 0.29) is 18.6 Å². The van der Waals surface area contributed by atoms with Gasteiger partial charge >= 0.3 is 6.03 Å². The van der Waals surface area contributed by atoms with Gasteiger partial charge in [-0.15, -0.1) is 0 Å². The van der Waals surface area contributed by atoms with Gasteiger partial charge in [0.1, 0.15) is 0 Å². The van der Waals surface area contributed by atoms with Crippen molar-refractivity contribution in [3.63, 3.8) is 0 Å². The minimum atomic E-state index is -0.837. The summed E-state index contributed by atoms with van der Waals surface area (Å²) in [7, 11) is 0. The highest BCUT2D eigenvalue weighted by Crippen LogP contribution is 2.11. The fraction of sp³-hybridized carbons (Fsp3) is 0.917. The predicted molar refractivity (Wildman–Crippen MR) is 74.0 cm³/mol. The summed E-state index contributed by atoms with van der Waals surface area (Å²) in [5.41, 5.74) is -0.837. The number of hydrogen-bond donors (Lipinski definition) is 3. The number of hydrogen-bond acceptors (Lipinski definition) is 4. The van der Waals surface area contributed by atoms with Crippen LogP contribution in [-0.2, 0) is 4.74 Å². The van der Waals surface area contributed by atoms with Crippen molar-refractivity contribution >= 4 is 17.8 Å². The van der Waals surface area contributed by atoms with E-state index in [4.69, 9.17) is 4.74 Å². The quantitative estimate of drug-likeness (QED) is 0.676. The highest BCUT2D eigenvalue weighted by molar-refractivity contribution is 7.98. The zero-order valence-corrected chi connectivity index (χ0v) is 12.0. The van der Waals surface area contributed by atoms with Gasteiger partial charge < -0.3 is 20.5 Å². The number of amides is 2. The third-order valence-electron chi connectivity index (χ3n) is 3.03. The van der Waals surface area contributed by atoms with Crippen LogP contribution in [0.3, 0.4) is 0 Å². The van der Waals surface area contributed by atoms with Crippen molar-refractivity contribution in [3.8, 4) is 0 Å². The molecule has 0 spiro atoms. The van der Waals surface area contributed by atoms with Gasteiger partial charge in [-0.2, -0.15) is 11.8 Å². The molecule has 1 aliphatic rings. The third-order valence-corrected chi connectivity index (χ3v) is 3.64. The molecule has 1 heterocycles. The van der Waals surface area contributed by atoms with Crippen molar-refractivity contribution in [1.82, 2.24) is 10.6 Å². The van der Waals surface area contributed by atoms with Crippen LogP contribution >= 0.6 is 11.8 Å². The van der Waals surface area contributed by atoms with Crippen molar-refractivity contribution in [3.05, 3.63) is 0 Å². The summed E-state index contributed by atoms with van der Waals surface area (Å²) >= 11 is 1.69. The van der Waals surface area contributed by atoms with Crippen LogP contribution in [0.2, 0.25) is 0 Å². The minimum Gasteiger partial charge on any atom is -0.388 e. The Morgan fingerprint density at radius 1 is 1.50 bits per heavy atom. The molecular weight excluding hydrogens is 252 g/mol. The summed E-state index contributed by atoms with van der Waals surface area (Å²) < 4.78 is 5.23. The molecule has 0 aromatic carbocycles. The Labute approximate surface area is 113 Å². The second-order valence-electron chi connectivity index (χ2n) is 4.95.